The molecule has 246 valence electrons. The van der Waals surface area contributed by atoms with Gasteiger partial charge in [0.1, 0.15) is 17.5 Å². The Kier molecular flexibility index (Phi) is 8.96. The average molecular weight is 656 g/mol. The zero-order chi connectivity index (χ0) is 33.1. The molecule has 1 atom stereocenters. The van der Waals surface area contributed by atoms with E-state index in [9.17, 15) is 31.5 Å². The number of hydrogen-bond donors (Lipinski definition) is 2. The van der Waals surface area contributed by atoms with Gasteiger partial charge in [0.25, 0.3) is 11.9 Å². The first-order chi connectivity index (χ1) is 22.5. The van der Waals surface area contributed by atoms with Crippen LogP contribution in [-0.4, -0.2) is 66.1 Å². The Morgan fingerprint density at radius 1 is 0.894 bits per heavy atom. The van der Waals surface area contributed by atoms with E-state index in [1.807, 2.05) is 4.90 Å². The maximum absolute atomic E-state index is 14.0. The standard InChI is InChI=1S/C32H30F5N7O3/c33-22-7-3-5-20(17-22)21-6-4-12-44(19-21)31-41-28(32(35,36)37)27(47-31)29(45)39-23-10-11-26(38-18-23)42-13-15-43(16-14-42)30(46)40-25-9-2-1-8-24(25)34/h1-3,5,7-11,17-18,21H,4,6,12-16,19H2,(H,39,45)(H,40,46). The van der Waals surface area contributed by atoms with Crippen molar-refractivity contribution in [1.82, 2.24) is 14.9 Å². The number of carbonyl (C=O) groups is 2. The summed E-state index contributed by atoms with van der Waals surface area (Å²) < 4.78 is 75.0. The van der Waals surface area contributed by atoms with Gasteiger partial charge in [-0.3, -0.25) is 4.79 Å². The third-order valence-corrected chi connectivity index (χ3v) is 8.11. The van der Waals surface area contributed by atoms with Crippen LogP contribution in [0.4, 0.5) is 50.0 Å². The van der Waals surface area contributed by atoms with Gasteiger partial charge < -0.3 is 29.8 Å². The van der Waals surface area contributed by atoms with Gasteiger partial charge in [0.2, 0.25) is 5.76 Å². The molecule has 4 aromatic rings. The number of nitrogens with one attached hydrogen (secondary N) is 2. The Morgan fingerprint density at radius 2 is 1.68 bits per heavy atom. The Labute approximate surface area is 266 Å². The molecule has 0 spiro atoms. The zero-order valence-electron chi connectivity index (χ0n) is 24.9. The van der Waals surface area contributed by atoms with E-state index in [1.165, 1.54) is 47.5 Å². The molecule has 47 heavy (non-hydrogen) atoms. The van der Waals surface area contributed by atoms with Gasteiger partial charge in [0, 0.05) is 45.2 Å². The van der Waals surface area contributed by atoms with Crippen LogP contribution in [0, 0.1) is 11.6 Å². The van der Waals surface area contributed by atoms with Gasteiger partial charge in [-0.15, -0.1) is 0 Å². The van der Waals surface area contributed by atoms with Crippen LogP contribution in [0.2, 0.25) is 0 Å². The normalized spacial score (nSPS) is 17.0. The van der Waals surface area contributed by atoms with Gasteiger partial charge in [-0.2, -0.15) is 18.2 Å². The van der Waals surface area contributed by atoms with Gasteiger partial charge in [-0.1, -0.05) is 24.3 Å². The fraction of sp³-hybridized carbons (Fsp3) is 0.312. The monoisotopic (exact) mass is 655 g/mol. The van der Waals surface area contributed by atoms with E-state index >= 15 is 0 Å². The van der Waals surface area contributed by atoms with Gasteiger partial charge >= 0.3 is 12.2 Å². The topological polar surface area (TPSA) is 107 Å². The van der Waals surface area contributed by atoms with Crippen LogP contribution in [0.25, 0.3) is 0 Å². The van der Waals surface area contributed by atoms with E-state index in [0.29, 0.717) is 51.4 Å². The van der Waals surface area contributed by atoms with Gasteiger partial charge in [0.15, 0.2) is 5.69 Å². The molecular weight excluding hydrogens is 625 g/mol. The maximum atomic E-state index is 14.0. The number of rotatable bonds is 6. The Hall–Kier alpha value is -5.21. The van der Waals surface area contributed by atoms with Crippen LogP contribution < -0.4 is 20.4 Å². The lowest BCUT2D eigenvalue weighted by Crippen LogP contribution is -2.50. The molecule has 0 bridgehead atoms. The number of oxazole rings is 1. The first-order valence-electron chi connectivity index (χ1n) is 15.0. The fourth-order valence-corrected chi connectivity index (χ4v) is 5.70. The van der Waals surface area contributed by atoms with Crippen LogP contribution >= 0.6 is 0 Å². The third kappa shape index (κ3) is 7.28. The predicted octanol–water partition coefficient (Wildman–Crippen LogP) is 6.36. The number of amides is 3. The number of piperidine rings is 1. The second kappa shape index (κ2) is 13.3. The summed E-state index contributed by atoms with van der Waals surface area (Å²) >= 11 is 0. The van der Waals surface area contributed by atoms with Gasteiger partial charge in [-0.05, 0) is 54.8 Å². The van der Waals surface area contributed by atoms with Crippen LogP contribution in [0.15, 0.2) is 71.3 Å². The summed E-state index contributed by atoms with van der Waals surface area (Å²) in [6.45, 7) is 2.15. The molecule has 2 aliphatic heterocycles. The second-order valence-electron chi connectivity index (χ2n) is 11.3. The number of alkyl halides is 3. The summed E-state index contributed by atoms with van der Waals surface area (Å²) in [6.07, 6.45) is -2.32. The lowest BCUT2D eigenvalue weighted by atomic mass is 9.91. The first kappa shape index (κ1) is 31.8. The molecule has 15 heteroatoms. The molecule has 2 aromatic heterocycles. The number of pyridine rings is 1. The molecule has 2 saturated heterocycles. The summed E-state index contributed by atoms with van der Waals surface area (Å²) in [6, 6.07) is 14.3. The highest BCUT2D eigenvalue weighted by atomic mass is 19.4. The number of urea groups is 1. The number of aromatic nitrogens is 2. The van der Waals surface area contributed by atoms with Gasteiger partial charge in [0.05, 0.1) is 17.6 Å². The summed E-state index contributed by atoms with van der Waals surface area (Å²) in [7, 11) is 0. The molecule has 1 unspecified atom stereocenters. The predicted molar refractivity (Wildman–Crippen MR) is 163 cm³/mol. The number of hydrogen-bond acceptors (Lipinski definition) is 7. The summed E-state index contributed by atoms with van der Waals surface area (Å²) in [4.78, 5) is 38.6. The van der Waals surface area contributed by atoms with E-state index in [2.05, 4.69) is 20.6 Å². The summed E-state index contributed by atoms with van der Waals surface area (Å²) in [5.74, 6) is -2.67. The van der Waals surface area contributed by atoms with E-state index in [-0.39, 0.29) is 29.9 Å². The highest BCUT2D eigenvalue weighted by Crippen LogP contribution is 2.37. The SMILES string of the molecule is O=C(Nc1ccc(N2CCN(C(=O)Nc3ccccc3F)CC2)nc1)c1oc(N2CCCC(c3cccc(F)c3)C2)nc1C(F)(F)F. The van der Waals surface area contributed by atoms with Crippen molar-refractivity contribution in [3.8, 4) is 0 Å². The van der Waals surface area contributed by atoms with Crippen LogP contribution in [0.3, 0.4) is 0 Å². The Morgan fingerprint density at radius 3 is 2.38 bits per heavy atom. The third-order valence-electron chi connectivity index (χ3n) is 8.11. The van der Waals surface area contributed by atoms with Crippen molar-refractivity contribution in [2.45, 2.75) is 24.9 Å². The minimum atomic E-state index is -4.96. The Balaban J connectivity index is 1.08. The quantitative estimate of drug-likeness (QED) is 0.233. The number of carbonyl (C=O) groups excluding carboxylic acids is 2. The lowest BCUT2D eigenvalue weighted by Gasteiger charge is -2.35. The molecule has 10 nitrogen and oxygen atoms in total. The van der Waals surface area contributed by atoms with Crippen molar-refractivity contribution in [2.24, 2.45) is 0 Å². The summed E-state index contributed by atoms with van der Waals surface area (Å²) in [5, 5.41) is 4.96. The molecule has 4 heterocycles. The molecule has 0 radical (unpaired) electrons. The van der Waals surface area contributed by atoms with Crippen molar-refractivity contribution in [3.05, 3.63) is 95.5 Å². The fourth-order valence-electron chi connectivity index (χ4n) is 5.70. The highest BCUT2D eigenvalue weighted by molar-refractivity contribution is 6.03. The molecule has 2 fully saturated rings. The molecular formula is C32H30F5N7O3. The molecule has 2 aromatic carbocycles. The largest absolute Gasteiger partial charge is 0.437 e. The van der Waals surface area contributed by atoms with E-state index in [0.717, 1.165) is 5.56 Å². The van der Waals surface area contributed by atoms with Crippen molar-refractivity contribution in [3.63, 3.8) is 0 Å². The van der Waals surface area contributed by atoms with Crippen molar-refractivity contribution in [2.75, 3.05) is 59.7 Å². The number of piperazine rings is 1. The molecule has 0 aliphatic carbocycles. The number of anilines is 4. The first-order valence-corrected chi connectivity index (χ1v) is 15.0. The number of halogens is 5. The van der Waals surface area contributed by atoms with Gasteiger partial charge in [-0.25, -0.2) is 18.6 Å². The minimum absolute atomic E-state index is 0.0872. The van der Waals surface area contributed by atoms with Crippen LogP contribution in [0.5, 0.6) is 0 Å². The zero-order valence-corrected chi connectivity index (χ0v) is 24.9. The molecule has 3 amide bonds. The maximum Gasteiger partial charge on any atom is 0.437 e. The van der Waals surface area contributed by atoms with E-state index in [1.54, 1.807) is 29.2 Å². The van der Waals surface area contributed by atoms with Crippen molar-refractivity contribution >= 4 is 35.1 Å². The number of nitrogens with zero attached hydrogens (tertiary/aromatic N) is 5. The molecule has 2 aliphatic rings. The van der Waals surface area contributed by atoms with E-state index in [4.69, 9.17) is 4.42 Å². The number of benzene rings is 2. The van der Waals surface area contributed by atoms with Crippen LogP contribution in [0.1, 0.15) is 40.6 Å². The molecule has 6 rings (SSSR count). The Bertz CT molecular complexity index is 1740. The van der Waals surface area contributed by atoms with Crippen molar-refractivity contribution in [1.29, 1.82) is 0 Å². The lowest BCUT2D eigenvalue weighted by molar-refractivity contribution is -0.141. The molecule has 0 saturated carbocycles. The second-order valence-corrected chi connectivity index (χ2v) is 11.3. The molecule has 2 N–H and O–H groups in total. The number of para-hydroxylation sites is 1. The smallest absolute Gasteiger partial charge is 0.417 e. The minimum Gasteiger partial charge on any atom is -0.417 e. The van der Waals surface area contributed by atoms with Crippen molar-refractivity contribution < 1.29 is 36.0 Å². The van der Waals surface area contributed by atoms with Crippen LogP contribution in [-0.2, 0) is 6.18 Å². The highest BCUT2D eigenvalue weighted by Gasteiger charge is 2.42. The summed E-state index contributed by atoms with van der Waals surface area (Å²) in [5.41, 5.74) is -0.501. The van der Waals surface area contributed by atoms with E-state index < -0.39 is 41.2 Å². The average Bonchev–Trinajstić information content (AvgIpc) is 3.54.